The third-order valence-electron chi connectivity index (χ3n) is 1.10. The number of aromatic nitrogens is 2. The summed E-state index contributed by atoms with van der Waals surface area (Å²) in [7, 11) is 0. The van der Waals surface area contributed by atoms with Gasteiger partial charge in [0.05, 0.1) is 0 Å². The number of nitrogens with zero attached hydrogens (tertiary/aromatic N) is 2. The number of rotatable bonds is 2. The Kier molecular flexibility index (Phi) is 2.60. The molecule has 1 aromatic rings. The van der Waals surface area contributed by atoms with Gasteiger partial charge in [0, 0.05) is 0 Å². The van der Waals surface area contributed by atoms with E-state index in [1.807, 2.05) is 5.71 Å². The first kappa shape index (κ1) is 8.21. The summed E-state index contributed by atoms with van der Waals surface area (Å²) < 4.78 is 0.895. The minimum absolute atomic E-state index is 0.00315. The summed E-state index contributed by atoms with van der Waals surface area (Å²) in [6, 6.07) is 3.18. The van der Waals surface area contributed by atoms with E-state index in [1.165, 1.54) is 6.07 Å². The summed E-state index contributed by atoms with van der Waals surface area (Å²) in [4.78, 5) is 10.3. The van der Waals surface area contributed by atoms with E-state index >= 15 is 0 Å². The topological polar surface area (TPSA) is 63.1 Å². The molecular formula is C6H6AsN2O2. The van der Waals surface area contributed by atoms with Crippen molar-refractivity contribution in [3.8, 4) is 0 Å². The summed E-state index contributed by atoms with van der Waals surface area (Å²) in [5, 5.41) is 15.7. The monoisotopic (exact) mass is 213 g/mol. The summed E-state index contributed by atoms with van der Waals surface area (Å²) in [6.45, 7) is 0. The molecule has 0 saturated carbocycles. The fourth-order valence-electron chi connectivity index (χ4n) is 0.559. The molecule has 0 atom stereocenters. The summed E-state index contributed by atoms with van der Waals surface area (Å²) in [5.74, 6) is -1.03. The first-order valence-electron chi connectivity index (χ1n) is 2.91. The Morgan fingerprint density at radius 1 is 1.55 bits per heavy atom. The van der Waals surface area contributed by atoms with Crippen LogP contribution in [0.2, 0.25) is 5.71 Å². The van der Waals surface area contributed by atoms with Crippen LogP contribution in [0.4, 0.5) is 0 Å². The Labute approximate surface area is 70.3 Å². The molecule has 1 rings (SSSR count). The molecule has 0 bridgehead atoms. The maximum absolute atomic E-state index is 10.3. The normalized spacial score (nSPS) is 10.6. The van der Waals surface area contributed by atoms with Crippen molar-refractivity contribution in [1.29, 1.82) is 0 Å². The molecule has 5 heteroatoms. The first-order valence-corrected chi connectivity index (χ1v) is 5.72. The minimum atomic E-state index is -1.03. The zero-order valence-electron chi connectivity index (χ0n) is 5.85. The Bertz CT molecular complexity index is 260. The van der Waals surface area contributed by atoms with Gasteiger partial charge in [0.1, 0.15) is 0 Å². The predicted molar refractivity (Wildman–Crippen MR) is 40.2 cm³/mol. The molecule has 0 amide bonds. The Balaban J connectivity index is 2.91. The molecule has 1 aromatic heterocycles. The molecule has 0 aliphatic heterocycles. The van der Waals surface area contributed by atoms with E-state index in [4.69, 9.17) is 5.11 Å². The molecular weight excluding hydrogens is 207 g/mol. The zero-order valence-corrected chi connectivity index (χ0v) is 7.73. The molecule has 0 fully saturated rings. The van der Waals surface area contributed by atoms with Gasteiger partial charge in [-0.3, -0.25) is 0 Å². The number of aromatic carboxylic acids is 1. The van der Waals surface area contributed by atoms with Crippen molar-refractivity contribution >= 4 is 26.2 Å². The van der Waals surface area contributed by atoms with Crippen LogP contribution >= 0.6 is 0 Å². The average molecular weight is 213 g/mol. The Morgan fingerprint density at radius 2 is 2.27 bits per heavy atom. The maximum atomic E-state index is 10.3. The van der Waals surface area contributed by atoms with Crippen LogP contribution in [0.1, 0.15) is 10.5 Å². The molecule has 0 saturated heterocycles. The first-order chi connectivity index (χ1) is 5.24. The van der Waals surface area contributed by atoms with Crippen LogP contribution in [-0.2, 0) is 0 Å². The molecule has 1 heterocycles. The zero-order chi connectivity index (χ0) is 8.27. The van der Waals surface area contributed by atoms with E-state index < -0.39 is 5.97 Å². The SMILES string of the molecule is C[As]c1ccc(C(=O)O)nn1. The predicted octanol–water partition coefficient (Wildman–Crippen LogP) is -0.448. The molecule has 0 aliphatic carbocycles. The summed E-state index contributed by atoms with van der Waals surface area (Å²) in [6.07, 6.45) is 0. The second-order valence-corrected chi connectivity index (χ2v) is 3.71. The third-order valence-corrected chi connectivity index (χ3v) is 2.56. The quantitative estimate of drug-likeness (QED) is 0.676. The molecule has 0 unspecified atom stereocenters. The van der Waals surface area contributed by atoms with Crippen LogP contribution in [-0.4, -0.2) is 37.0 Å². The van der Waals surface area contributed by atoms with Crippen LogP contribution in [0, 0.1) is 0 Å². The van der Waals surface area contributed by atoms with E-state index in [0.29, 0.717) is 0 Å². The van der Waals surface area contributed by atoms with Crippen molar-refractivity contribution in [1.82, 2.24) is 10.2 Å². The van der Waals surface area contributed by atoms with E-state index in [9.17, 15) is 4.79 Å². The van der Waals surface area contributed by atoms with Gasteiger partial charge in [0.25, 0.3) is 0 Å². The molecule has 57 valence electrons. The molecule has 0 aliphatic rings. The molecule has 1 N–H and O–H groups in total. The van der Waals surface area contributed by atoms with Crippen LogP contribution < -0.4 is 4.48 Å². The summed E-state index contributed by atoms with van der Waals surface area (Å²) >= 11 is 0.0373. The van der Waals surface area contributed by atoms with Gasteiger partial charge in [-0.25, -0.2) is 0 Å². The molecule has 0 aromatic carbocycles. The second kappa shape index (κ2) is 3.49. The van der Waals surface area contributed by atoms with E-state index in [0.717, 1.165) is 4.48 Å². The van der Waals surface area contributed by atoms with Crippen LogP contribution in [0.5, 0.6) is 0 Å². The second-order valence-electron chi connectivity index (χ2n) is 1.81. The van der Waals surface area contributed by atoms with Crippen molar-refractivity contribution in [2.75, 3.05) is 0 Å². The van der Waals surface area contributed by atoms with Gasteiger partial charge >= 0.3 is 69.8 Å². The van der Waals surface area contributed by atoms with Crippen molar-refractivity contribution in [2.24, 2.45) is 0 Å². The number of carbonyl (C=O) groups is 1. The van der Waals surface area contributed by atoms with Gasteiger partial charge in [-0.15, -0.1) is 0 Å². The van der Waals surface area contributed by atoms with Gasteiger partial charge in [-0.05, 0) is 0 Å². The standard InChI is InChI=1S/C6H6AsN2O2/c1-7-5-3-2-4(6(10)11)8-9-5/h2-3H,1H3,(H,10,11). The number of hydrogen-bond donors (Lipinski definition) is 1. The fourth-order valence-corrected chi connectivity index (χ4v) is 1.31. The van der Waals surface area contributed by atoms with E-state index in [1.54, 1.807) is 6.07 Å². The number of carboxylic acids is 1. The van der Waals surface area contributed by atoms with Crippen LogP contribution in [0.15, 0.2) is 12.1 Å². The molecule has 1 radical (unpaired) electrons. The fraction of sp³-hybridized carbons (Fsp3) is 0.167. The number of hydrogen-bond acceptors (Lipinski definition) is 3. The van der Waals surface area contributed by atoms with E-state index in [2.05, 4.69) is 10.2 Å². The van der Waals surface area contributed by atoms with Crippen molar-refractivity contribution in [3.05, 3.63) is 17.8 Å². The van der Waals surface area contributed by atoms with Crippen LogP contribution in [0.3, 0.4) is 0 Å². The molecule has 0 spiro atoms. The van der Waals surface area contributed by atoms with Crippen LogP contribution in [0.25, 0.3) is 0 Å². The van der Waals surface area contributed by atoms with Gasteiger partial charge in [0.2, 0.25) is 0 Å². The third kappa shape index (κ3) is 2.02. The van der Waals surface area contributed by atoms with Crippen molar-refractivity contribution in [2.45, 2.75) is 5.71 Å². The molecule has 11 heavy (non-hydrogen) atoms. The van der Waals surface area contributed by atoms with Gasteiger partial charge in [-0.1, -0.05) is 0 Å². The van der Waals surface area contributed by atoms with Gasteiger partial charge < -0.3 is 0 Å². The molecule has 4 nitrogen and oxygen atoms in total. The van der Waals surface area contributed by atoms with Crippen molar-refractivity contribution < 1.29 is 9.90 Å². The van der Waals surface area contributed by atoms with Gasteiger partial charge in [-0.2, -0.15) is 0 Å². The Morgan fingerprint density at radius 3 is 2.64 bits per heavy atom. The number of carboxylic acid groups (broad SMARTS) is 1. The van der Waals surface area contributed by atoms with Crippen molar-refractivity contribution in [3.63, 3.8) is 0 Å². The van der Waals surface area contributed by atoms with Gasteiger partial charge in [0.15, 0.2) is 0 Å². The average Bonchev–Trinajstić information content (AvgIpc) is 2.05. The Hall–Kier alpha value is -0.892. The van der Waals surface area contributed by atoms with E-state index in [-0.39, 0.29) is 21.4 Å². The summed E-state index contributed by atoms with van der Waals surface area (Å²) in [5.41, 5.74) is 2.03.